The van der Waals surface area contributed by atoms with Gasteiger partial charge in [-0.25, -0.2) is 4.79 Å². The summed E-state index contributed by atoms with van der Waals surface area (Å²) in [5.74, 6) is 0.332. The lowest BCUT2D eigenvalue weighted by Gasteiger charge is -2.40. The molecule has 0 aromatic heterocycles. The van der Waals surface area contributed by atoms with Crippen LogP contribution in [0.1, 0.15) is 50.2 Å². The van der Waals surface area contributed by atoms with Crippen molar-refractivity contribution in [2.75, 3.05) is 13.1 Å². The third-order valence-electron chi connectivity index (χ3n) is 6.51. The summed E-state index contributed by atoms with van der Waals surface area (Å²) >= 11 is 0. The zero-order chi connectivity index (χ0) is 19.4. The summed E-state index contributed by atoms with van der Waals surface area (Å²) in [7, 11) is 0. The van der Waals surface area contributed by atoms with Crippen molar-refractivity contribution in [1.82, 2.24) is 4.90 Å². The van der Waals surface area contributed by atoms with E-state index in [0.717, 1.165) is 56.3 Å². The van der Waals surface area contributed by atoms with Gasteiger partial charge in [-0.2, -0.15) is 5.26 Å². The van der Waals surface area contributed by atoms with Gasteiger partial charge in [0.2, 0.25) is 0 Å². The summed E-state index contributed by atoms with van der Waals surface area (Å²) in [5.41, 5.74) is 12.8. The topological polar surface area (TPSA) is 105 Å². The van der Waals surface area contributed by atoms with Crippen molar-refractivity contribution in [2.45, 2.75) is 63.1 Å². The molecule has 27 heavy (non-hydrogen) atoms. The first-order chi connectivity index (χ1) is 13.0. The highest BCUT2D eigenvalue weighted by molar-refractivity contribution is 5.64. The lowest BCUT2D eigenvalue weighted by atomic mass is 9.67. The Balaban J connectivity index is 1.63. The van der Waals surface area contributed by atoms with Gasteiger partial charge in [0, 0.05) is 25.0 Å². The van der Waals surface area contributed by atoms with E-state index in [1.54, 1.807) is 0 Å². The van der Waals surface area contributed by atoms with Crippen LogP contribution >= 0.6 is 0 Å². The van der Waals surface area contributed by atoms with Gasteiger partial charge in [-0.3, -0.25) is 4.90 Å². The first-order valence-corrected chi connectivity index (χ1v) is 9.89. The molecular weight excluding hydrogens is 340 g/mol. The van der Waals surface area contributed by atoms with E-state index in [4.69, 9.17) is 16.2 Å². The molecule has 4 N–H and O–H groups in total. The van der Waals surface area contributed by atoms with E-state index in [1.807, 2.05) is 25.1 Å². The number of rotatable bonds is 5. The third kappa shape index (κ3) is 4.10. The minimum Gasteiger partial charge on any atom is -0.446 e. The molecule has 0 bridgehead atoms. The molecular formula is C21H30N4O2. The van der Waals surface area contributed by atoms with Crippen LogP contribution in [0.3, 0.4) is 0 Å². The number of ether oxygens (including phenoxy) is 1. The van der Waals surface area contributed by atoms with Crippen LogP contribution in [-0.4, -0.2) is 36.2 Å². The minimum absolute atomic E-state index is 0.147. The Morgan fingerprint density at radius 1 is 1.37 bits per heavy atom. The number of nitrogens with two attached hydrogens (primary N) is 2. The fraction of sp³-hybridized carbons (Fsp3) is 0.619. The minimum atomic E-state index is -0.698. The Labute approximate surface area is 161 Å². The fourth-order valence-corrected chi connectivity index (χ4v) is 4.88. The molecule has 1 aliphatic carbocycles. The molecule has 3 rings (SSSR count). The van der Waals surface area contributed by atoms with Gasteiger partial charge in [0.05, 0.1) is 11.5 Å². The van der Waals surface area contributed by atoms with Crippen LogP contribution in [0.5, 0.6) is 0 Å². The van der Waals surface area contributed by atoms with Crippen LogP contribution in [0.4, 0.5) is 4.79 Å². The first kappa shape index (κ1) is 19.7. The van der Waals surface area contributed by atoms with E-state index in [-0.39, 0.29) is 6.10 Å². The van der Waals surface area contributed by atoms with Crippen molar-refractivity contribution in [1.29, 1.82) is 5.26 Å². The first-order valence-electron chi connectivity index (χ1n) is 9.89. The number of carbonyl (C=O) groups is 1. The summed E-state index contributed by atoms with van der Waals surface area (Å²) < 4.78 is 5.16. The fourth-order valence-electron chi connectivity index (χ4n) is 4.88. The molecule has 0 radical (unpaired) electrons. The summed E-state index contributed by atoms with van der Waals surface area (Å²) in [5, 5.41) is 10.0. The Hall–Kier alpha value is -2.10. The molecule has 1 aromatic rings. The second-order valence-corrected chi connectivity index (χ2v) is 7.97. The molecule has 0 spiro atoms. The maximum absolute atomic E-state index is 11.0. The van der Waals surface area contributed by atoms with Crippen LogP contribution in [0.2, 0.25) is 0 Å². The molecule has 6 nitrogen and oxygen atoms in total. The predicted octanol–water partition coefficient (Wildman–Crippen LogP) is 2.65. The molecule has 1 amide bonds. The molecule has 1 aromatic carbocycles. The summed E-state index contributed by atoms with van der Waals surface area (Å²) in [6.45, 7) is 4.33. The Morgan fingerprint density at radius 3 is 2.70 bits per heavy atom. The van der Waals surface area contributed by atoms with Crippen LogP contribution in [0.25, 0.3) is 0 Å². The molecule has 1 unspecified atom stereocenters. The second-order valence-electron chi connectivity index (χ2n) is 7.97. The predicted molar refractivity (Wildman–Crippen MR) is 104 cm³/mol. The number of hydrogen-bond donors (Lipinski definition) is 2. The standard InChI is InChI=1S/C21H30N4O2/c1-15(27-20(24)26)17-8-11-25(13-17)18-6-9-21(14-23,10-7-18)19-5-3-2-4-16(19)12-22/h2-5,15,17-18H,6-13,22H2,1H3,(H2,24,26)/t15?,17-,18?,21?/m1/s1. The average Bonchev–Trinajstić information content (AvgIpc) is 3.18. The summed E-state index contributed by atoms with van der Waals surface area (Å²) in [6, 6.07) is 11.2. The maximum atomic E-state index is 11.0. The van der Waals surface area contributed by atoms with E-state index >= 15 is 0 Å². The van der Waals surface area contributed by atoms with Crippen LogP contribution in [0, 0.1) is 17.2 Å². The zero-order valence-electron chi connectivity index (χ0n) is 16.1. The zero-order valence-corrected chi connectivity index (χ0v) is 16.1. The number of carbonyl (C=O) groups excluding carboxylic acids is 1. The number of amides is 1. The van der Waals surface area contributed by atoms with Gasteiger partial charge in [0.25, 0.3) is 0 Å². The van der Waals surface area contributed by atoms with Crippen molar-refractivity contribution in [3.05, 3.63) is 35.4 Å². The highest BCUT2D eigenvalue weighted by atomic mass is 16.6. The second kappa shape index (κ2) is 8.28. The van der Waals surface area contributed by atoms with Gasteiger partial charge in [-0.05, 0) is 56.7 Å². The lowest BCUT2D eigenvalue weighted by molar-refractivity contribution is 0.0767. The van der Waals surface area contributed by atoms with E-state index < -0.39 is 11.5 Å². The van der Waals surface area contributed by atoms with Gasteiger partial charge in [-0.15, -0.1) is 0 Å². The van der Waals surface area contributed by atoms with E-state index in [0.29, 0.717) is 18.5 Å². The van der Waals surface area contributed by atoms with Crippen LogP contribution < -0.4 is 11.5 Å². The number of benzene rings is 1. The van der Waals surface area contributed by atoms with Crippen molar-refractivity contribution in [3.63, 3.8) is 0 Å². The molecule has 1 aliphatic heterocycles. The number of nitriles is 1. The van der Waals surface area contributed by atoms with Gasteiger partial charge in [-0.1, -0.05) is 24.3 Å². The molecule has 1 heterocycles. The summed E-state index contributed by atoms with van der Waals surface area (Å²) in [6.07, 6.45) is 3.90. The van der Waals surface area contributed by atoms with Gasteiger partial charge >= 0.3 is 6.09 Å². The van der Waals surface area contributed by atoms with Crippen molar-refractivity contribution in [2.24, 2.45) is 17.4 Å². The van der Waals surface area contributed by atoms with Gasteiger partial charge < -0.3 is 16.2 Å². The molecule has 1 saturated carbocycles. The molecule has 2 aliphatic rings. The summed E-state index contributed by atoms with van der Waals surface area (Å²) in [4.78, 5) is 13.5. The quantitative estimate of drug-likeness (QED) is 0.829. The molecule has 2 atom stereocenters. The smallest absolute Gasteiger partial charge is 0.404 e. The van der Waals surface area contributed by atoms with Crippen molar-refractivity contribution < 1.29 is 9.53 Å². The van der Waals surface area contributed by atoms with E-state index in [9.17, 15) is 10.1 Å². The monoisotopic (exact) mass is 370 g/mol. The van der Waals surface area contributed by atoms with Gasteiger partial charge in [0.1, 0.15) is 6.10 Å². The largest absolute Gasteiger partial charge is 0.446 e. The Bertz CT molecular complexity index is 706. The van der Waals surface area contributed by atoms with Crippen LogP contribution in [-0.2, 0) is 16.7 Å². The van der Waals surface area contributed by atoms with E-state index in [1.165, 1.54) is 0 Å². The lowest BCUT2D eigenvalue weighted by Crippen LogP contribution is -2.42. The highest BCUT2D eigenvalue weighted by Gasteiger charge is 2.41. The SMILES string of the molecule is CC(OC(N)=O)[C@@H]1CCN(C2CCC(C#N)(c3ccccc3CN)CC2)C1. The molecule has 2 fully saturated rings. The van der Waals surface area contributed by atoms with Gasteiger partial charge in [0.15, 0.2) is 0 Å². The average molecular weight is 370 g/mol. The van der Waals surface area contributed by atoms with E-state index in [2.05, 4.69) is 17.0 Å². The number of primary amides is 1. The number of likely N-dealkylation sites (tertiary alicyclic amines) is 1. The maximum Gasteiger partial charge on any atom is 0.404 e. The molecule has 146 valence electrons. The Kier molecular flexibility index (Phi) is 6.03. The molecule has 6 heteroatoms. The normalized spacial score (nSPS) is 29.8. The van der Waals surface area contributed by atoms with Crippen molar-refractivity contribution >= 4 is 6.09 Å². The number of hydrogen-bond acceptors (Lipinski definition) is 5. The number of nitrogens with zero attached hydrogens (tertiary/aromatic N) is 2. The van der Waals surface area contributed by atoms with Crippen molar-refractivity contribution in [3.8, 4) is 6.07 Å². The third-order valence-corrected chi connectivity index (χ3v) is 6.51. The Morgan fingerprint density at radius 2 is 2.07 bits per heavy atom. The highest BCUT2D eigenvalue weighted by Crippen LogP contribution is 2.42. The molecule has 1 saturated heterocycles. The van der Waals surface area contributed by atoms with Crippen LogP contribution in [0.15, 0.2) is 24.3 Å².